The molecule has 2 heterocycles. The van der Waals surface area contributed by atoms with Gasteiger partial charge in [-0.1, -0.05) is 0 Å². The first-order valence-electron chi connectivity index (χ1n) is 10.2. The molecule has 7 nitrogen and oxygen atoms in total. The first-order valence-corrected chi connectivity index (χ1v) is 10.2. The second-order valence-electron chi connectivity index (χ2n) is 8.27. The standard InChI is InChI=1S/C20H22F5N5O2/c21-13-7-11-1-2-19(3-6-31,12(11)8-14(13)22)15(26)9-17(32)29-4-5-30-16(10-29)27-28-18(30)20(23,24)25/h7-8,15,31H,1-6,9-10,26H2. The first kappa shape index (κ1) is 22.6. The van der Waals surface area contributed by atoms with Crippen LogP contribution in [-0.4, -0.2) is 49.9 Å². The molecule has 4 rings (SSSR count). The monoisotopic (exact) mass is 459 g/mol. The molecular formula is C20H22F5N5O2. The molecule has 3 N–H and O–H groups in total. The number of fused-ring (bicyclic) bond motifs is 2. The Bertz CT molecular complexity index is 1040. The van der Waals surface area contributed by atoms with E-state index in [9.17, 15) is 31.9 Å². The Morgan fingerprint density at radius 1 is 1.22 bits per heavy atom. The predicted octanol–water partition coefficient (Wildman–Crippen LogP) is 1.90. The average molecular weight is 459 g/mol. The summed E-state index contributed by atoms with van der Waals surface area (Å²) in [4.78, 5) is 14.3. The molecule has 2 aliphatic rings. The molecule has 2 atom stereocenters. The zero-order chi connectivity index (χ0) is 23.3. The minimum absolute atomic E-state index is 0.0272. The number of nitrogens with two attached hydrogens (primary N) is 1. The summed E-state index contributed by atoms with van der Waals surface area (Å²) >= 11 is 0. The van der Waals surface area contributed by atoms with E-state index >= 15 is 0 Å². The van der Waals surface area contributed by atoms with Gasteiger partial charge in [0.05, 0.1) is 6.54 Å². The zero-order valence-corrected chi connectivity index (χ0v) is 17.0. The number of carbonyl (C=O) groups is 1. The van der Waals surface area contributed by atoms with E-state index in [-0.39, 0.29) is 44.9 Å². The molecular weight excluding hydrogens is 437 g/mol. The Kier molecular flexibility index (Phi) is 5.70. The van der Waals surface area contributed by atoms with Gasteiger partial charge >= 0.3 is 6.18 Å². The normalized spacial score (nSPS) is 21.4. The Morgan fingerprint density at radius 3 is 2.62 bits per heavy atom. The summed E-state index contributed by atoms with van der Waals surface area (Å²) in [6.07, 6.45) is -3.78. The van der Waals surface area contributed by atoms with E-state index in [1.165, 1.54) is 4.90 Å². The van der Waals surface area contributed by atoms with Crippen molar-refractivity contribution in [2.45, 2.75) is 56.4 Å². The topological polar surface area (TPSA) is 97.3 Å². The van der Waals surface area contributed by atoms with Gasteiger partial charge in [0, 0.05) is 37.6 Å². The van der Waals surface area contributed by atoms with Crippen molar-refractivity contribution in [1.82, 2.24) is 19.7 Å². The Morgan fingerprint density at radius 2 is 1.94 bits per heavy atom. The van der Waals surface area contributed by atoms with Gasteiger partial charge in [0.1, 0.15) is 0 Å². The Labute approximate surface area is 180 Å². The minimum atomic E-state index is -4.64. The molecule has 1 amide bonds. The number of aliphatic hydroxyl groups excluding tert-OH is 1. The van der Waals surface area contributed by atoms with Crippen molar-refractivity contribution in [2.24, 2.45) is 5.73 Å². The van der Waals surface area contributed by atoms with Crippen molar-refractivity contribution in [1.29, 1.82) is 0 Å². The molecule has 12 heteroatoms. The maximum Gasteiger partial charge on any atom is 0.451 e. The van der Waals surface area contributed by atoms with Crippen LogP contribution in [0.3, 0.4) is 0 Å². The summed E-state index contributed by atoms with van der Waals surface area (Å²) in [6, 6.07) is 1.40. The second kappa shape index (κ2) is 8.07. The molecule has 1 aliphatic heterocycles. The van der Waals surface area contributed by atoms with Crippen LogP contribution in [0.15, 0.2) is 12.1 Å². The fourth-order valence-corrected chi connectivity index (χ4v) is 4.87. The van der Waals surface area contributed by atoms with E-state index in [0.717, 1.165) is 16.7 Å². The van der Waals surface area contributed by atoms with Crippen LogP contribution in [0, 0.1) is 11.6 Å². The first-order chi connectivity index (χ1) is 15.1. The van der Waals surface area contributed by atoms with Crippen LogP contribution in [0.2, 0.25) is 0 Å². The fourth-order valence-electron chi connectivity index (χ4n) is 4.87. The minimum Gasteiger partial charge on any atom is -0.396 e. The maximum atomic E-state index is 14.0. The SMILES string of the molecule is NC(CC(=O)N1CCn2c(nnc2C(F)(F)F)C1)C1(CCO)CCc2cc(F)c(F)cc21. The summed E-state index contributed by atoms with van der Waals surface area (Å²) in [5.74, 6) is -3.46. The predicted molar refractivity (Wildman–Crippen MR) is 101 cm³/mol. The fraction of sp³-hybridized carbons (Fsp3) is 0.550. The highest BCUT2D eigenvalue weighted by Gasteiger charge is 2.45. The lowest BCUT2D eigenvalue weighted by Crippen LogP contribution is -2.49. The molecule has 2 aromatic rings. The second-order valence-corrected chi connectivity index (χ2v) is 8.27. The number of rotatable bonds is 5. The van der Waals surface area contributed by atoms with Crippen molar-refractivity contribution < 1.29 is 31.9 Å². The lowest BCUT2D eigenvalue weighted by Gasteiger charge is -2.37. The van der Waals surface area contributed by atoms with Gasteiger partial charge in [-0.25, -0.2) is 8.78 Å². The van der Waals surface area contributed by atoms with Gasteiger partial charge < -0.3 is 20.3 Å². The third-order valence-electron chi connectivity index (χ3n) is 6.54. The highest BCUT2D eigenvalue weighted by atomic mass is 19.4. The van der Waals surface area contributed by atoms with Gasteiger partial charge in [-0.15, -0.1) is 10.2 Å². The number of nitrogens with zero attached hydrogens (tertiary/aromatic N) is 4. The smallest absolute Gasteiger partial charge is 0.396 e. The lowest BCUT2D eigenvalue weighted by atomic mass is 9.71. The summed E-state index contributed by atoms with van der Waals surface area (Å²) in [5, 5.41) is 16.4. The van der Waals surface area contributed by atoms with Crippen LogP contribution < -0.4 is 5.73 Å². The lowest BCUT2D eigenvalue weighted by molar-refractivity contribution is -0.148. The number of hydrogen-bond acceptors (Lipinski definition) is 5. The van der Waals surface area contributed by atoms with Gasteiger partial charge in [0.15, 0.2) is 17.5 Å². The molecule has 0 bridgehead atoms. The van der Waals surface area contributed by atoms with E-state index in [0.29, 0.717) is 24.0 Å². The molecule has 2 unspecified atom stereocenters. The van der Waals surface area contributed by atoms with E-state index in [1.54, 1.807) is 0 Å². The van der Waals surface area contributed by atoms with Crippen LogP contribution in [0.1, 0.15) is 42.0 Å². The number of carbonyl (C=O) groups excluding carboxylic acids is 1. The van der Waals surface area contributed by atoms with Crippen LogP contribution in [0.25, 0.3) is 0 Å². The highest BCUT2D eigenvalue weighted by molar-refractivity contribution is 5.77. The van der Waals surface area contributed by atoms with Crippen molar-refractivity contribution in [3.8, 4) is 0 Å². The van der Waals surface area contributed by atoms with Crippen molar-refractivity contribution in [3.05, 3.63) is 46.5 Å². The highest BCUT2D eigenvalue weighted by Crippen LogP contribution is 2.45. The molecule has 0 spiro atoms. The van der Waals surface area contributed by atoms with Crippen molar-refractivity contribution >= 4 is 5.91 Å². The molecule has 0 radical (unpaired) electrons. The van der Waals surface area contributed by atoms with Crippen LogP contribution in [0.4, 0.5) is 22.0 Å². The summed E-state index contributed by atoms with van der Waals surface area (Å²) in [7, 11) is 0. The zero-order valence-electron chi connectivity index (χ0n) is 17.0. The number of aliphatic hydroxyl groups is 1. The van der Waals surface area contributed by atoms with Crippen LogP contribution >= 0.6 is 0 Å². The molecule has 174 valence electrons. The van der Waals surface area contributed by atoms with Gasteiger partial charge in [0.2, 0.25) is 11.7 Å². The number of benzene rings is 1. The van der Waals surface area contributed by atoms with Crippen LogP contribution in [-0.2, 0) is 35.9 Å². The molecule has 32 heavy (non-hydrogen) atoms. The number of amides is 1. The molecule has 1 aromatic carbocycles. The summed E-state index contributed by atoms with van der Waals surface area (Å²) in [6.45, 7) is -0.470. The van der Waals surface area contributed by atoms with Crippen molar-refractivity contribution in [3.63, 3.8) is 0 Å². The van der Waals surface area contributed by atoms with E-state index < -0.39 is 41.0 Å². The van der Waals surface area contributed by atoms with E-state index in [4.69, 9.17) is 5.73 Å². The van der Waals surface area contributed by atoms with Crippen molar-refractivity contribution in [2.75, 3.05) is 13.2 Å². The van der Waals surface area contributed by atoms with Gasteiger partial charge in [-0.3, -0.25) is 4.79 Å². The van der Waals surface area contributed by atoms with E-state index in [1.807, 2.05) is 0 Å². The van der Waals surface area contributed by atoms with Gasteiger partial charge in [0.25, 0.3) is 0 Å². The van der Waals surface area contributed by atoms with Crippen LogP contribution in [0.5, 0.6) is 0 Å². The third kappa shape index (κ3) is 3.75. The van der Waals surface area contributed by atoms with Gasteiger partial charge in [-0.2, -0.15) is 13.2 Å². The molecule has 0 saturated heterocycles. The molecule has 0 fully saturated rings. The molecule has 1 aromatic heterocycles. The molecule has 0 saturated carbocycles. The van der Waals surface area contributed by atoms with E-state index in [2.05, 4.69) is 10.2 Å². The Hall–Kier alpha value is -2.60. The number of alkyl halides is 3. The number of aryl methyl sites for hydroxylation is 1. The number of aromatic nitrogens is 3. The summed E-state index contributed by atoms with van der Waals surface area (Å²) in [5.41, 5.74) is 6.57. The molecule has 1 aliphatic carbocycles. The number of halogens is 5. The van der Waals surface area contributed by atoms with Gasteiger partial charge in [-0.05, 0) is 42.5 Å². The third-order valence-corrected chi connectivity index (χ3v) is 6.54. The summed E-state index contributed by atoms with van der Waals surface area (Å²) < 4.78 is 67.6. The number of hydrogen-bond donors (Lipinski definition) is 2. The average Bonchev–Trinajstić information content (AvgIpc) is 3.31. The largest absolute Gasteiger partial charge is 0.451 e. The Balaban J connectivity index is 1.53. The quantitative estimate of drug-likeness (QED) is 0.666. The maximum absolute atomic E-state index is 14.0.